The standard InChI is InChI=1S/C13H19N3O/c1-9-10(2)16(13(15)12(9)7-14)8-11-3-5-17-6-4-11/h11H,3-6,8,15H2,1-2H3. The Morgan fingerprint density at radius 3 is 2.59 bits per heavy atom. The van der Waals surface area contributed by atoms with Gasteiger partial charge in [0.15, 0.2) is 0 Å². The smallest absolute Gasteiger partial charge is 0.122 e. The molecule has 0 saturated carbocycles. The van der Waals surface area contributed by atoms with Gasteiger partial charge in [0.2, 0.25) is 0 Å². The zero-order valence-corrected chi connectivity index (χ0v) is 10.5. The molecule has 0 atom stereocenters. The van der Waals surface area contributed by atoms with Crippen LogP contribution in [0.1, 0.15) is 29.7 Å². The predicted molar refractivity (Wildman–Crippen MR) is 66.6 cm³/mol. The van der Waals surface area contributed by atoms with Crippen LogP contribution in [0, 0.1) is 31.1 Å². The molecule has 1 saturated heterocycles. The molecule has 0 aliphatic carbocycles. The van der Waals surface area contributed by atoms with Gasteiger partial charge in [0.05, 0.1) is 5.56 Å². The average Bonchev–Trinajstić information content (AvgIpc) is 2.55. The van der Waals surface area contributed by atoms with E-state index in [1.807, 2.05) is 13.8 Å². The number of anilines is 1. The molecule has 0 radical (unpaired) electrons. The number of rotatable bonds is 2. The third kappa shape index (κ3) is 2.16. The topological polar surface area (TPSA) is 64.0 Å². The summed E-state index contributed by atoms with van der Waals surface area (Å²) in [4.78, 5) is 0. The Balaban J connectivity index is 2.23. The van der Waals surface area contributed by atoms with Crippen molar-refractivity contribution in [2.45, 2.75) is 33.2 Å². The van der Waals surface area contributed by atoms with Crippen LogP contribution in [0.4, 0.5) is 5.82 Å². The van der Waals surface area contributed by atoms with Crippen LogP contribution in [0.25, 0.3) is 0 Å². The van der Waals surface area contributed by atoms with Gasteiger partial charge in [0.1, 0.15) is 11.9 Å². The van der Waals surface area contributed by atoms with Crippen LogP contribution in [0.5, 0.6) is 0 Å². The van der Waals surface area contributed by atoms with Crippen LogP contribution in [-0.2, 0) is 11.3 Å². The van der Waals surface area contributed by atoms with E-state index in [1.54, 1.807) is 0 Å². The zero-order valence-electron chi connectivity index (χ0n) is 10.5. The van der Waals surface area contributed by atoms with Gasteiger partial charge in [-0.15, -0.1) is 0 Å². The molecule has 0 unspecified atom stereocenters. The highest BCUT2D eigenvalue weighted by atomic mass is 16.5. The van der Waals surface area contributed by atoms with Crippen molar-refractivity contribution in [2.24, 2.45) is 5.92 Å². The van der Waals surface area contributed by atoms with Crippen molar-refractivity contribution in [3.8, 4) is 6.07 Å². The monoisotopic (exact) mass is 233 g/mol. The highest BCUT2D eigenvalue weighted by Gasteiger charge is 2.20. The van der Waals surface area contributed by atoms with E-state index in [9.17, 15) is 0 Å². The number of nitriles is 1. The Morgan fingerprint density at radius 2 is 2.06 bits per heavy atom. The Morgan fingerprint density at radius 1 is 1.41 bits per heavy atom. The highest BCUT2D eigenvalue weighted by molar-refractivity contribution is 5.57. The largest absolute Gasteiger partial charge is 0.384 e. The summed E-state index contributed by atoms with van der Waals surface area (Å²) in [5.74, 6) is 1.23. The van der Waals surface area contributed by atoms with E-state index in [0.29, 0.717) is 17.3 Å². The summed E-state index contributed by atoms with van der Waals surface area (Å²) in [6.07, 6.45) is 2.16. The molecule has 2 heterocycles. The van der Waals surface area contributed by atoms with Crippen molar-refractivity contribution in [3.05, 3.63) is 16.8 Å². The molecule has 1 aliphatic rings. The lowest BCUT2D eigenvalue weighted by Crippen LogP contribution is -2.21. The lowest BCUT2D eigenvalue weighted by Gasteiger charge is -2.23. The van der Waals surface area contributed by atoms with E-state index < -0.39 is 0 Å². The molecule has 2 rings (SSSR count). The summed E-state index contributed by atoms with van der Waals surface area (Å²) in [5, 5.41) is 9.08. The van der Waals surface area contributed by atoms with Gasteiger partial charge < -0.3 is 15.0 Å². The maximum Gasteiger partial charge on any atom is 0.122 e. The molecule has 4 nitrogen and oxygen atoms in total. The van der Waals surface area contributed by atoms with Crippen molar-refractivity contribution in [1.29, 1.82) is 5.26 Å². The second-order valence-electron chi connectivity index (χ2n) is 4.75. The molecule has 0 amide bonds. The molecule has 92 valence electrons. The van der Waals surface area contributed by atoms with Gasteiger partial charge in [-0.3, -0.25) is 0 Å². The molecular weight excluding hydrogens is 214 g/mol. The van der Waals surface area contributed by atoms with Crippen molar-refractivity contribution < 1.29 is 4.74 Å². The first-order valence-corrected chi connectivity index (χ1v) is 6.08. The number of aromatic nitrogens is 1. The summed E-state index contributed by atoms with van der Waals surface area (Å²) in [5.41, 5.74) is 8.80. The first-order valence-electron chi connectivity index (χ1n) is 6.08. The molecule has 1 fully saturated rings. The van der Waals surface area contributed by atoms with E-state index in [-0.39, 0.29) is 0 Å². The number of nitrogen functional groups attached to an aromatic ring is 1. The number of nitrogens with zero attached hydrogens (tertiary/aromatic N) is 2. The van der Waals surface area contributed by atoms with E-state index in [1.165, 1.54) is 0 Å². The minimum Gasteiger partial charge on any atom is -0.384 e. The predicted octanol–water partition coefficient (Wildman–Crippen LogP) is 1.99. The highest BCUT2D eigenvalue weighted by Crippen LogP contribution is 2.26. The van der Waals surface area contributed by atoms with Crippen LogP contribution < -0.4 is 5.73 Å². The molecule has 0 spiro atoms. The third-order valence-corrected chi connectivity index (χ3v) is 3.76. The Kier molecular flexibility index (Phi) is 3.39. The van der Waals surface area contributed by atoms with Crippen molar-refractivity contribution in [3.63, 3.8) is 0 Å². The lowest BCUT2D eigenvalue weighted by molar-refractivity contribution is 0.0613. The fourth-order valence-corrected chi connectivity index (χ4v) is 2.45. The van der Waals surface area contributed by atoms with Crippen LogP contribution in [0.2, 0.25) is 0 Å². The lowest BCUT2D eigenvalue weighted by atomic mass is 10.0. The van der Waals surface area contributed by atoms with Crippen LogP contribution in [0.3, 0.4) is 0 Å². The minimum atomic E-state index is 0.614. The average molecular weight is 233 g/mol. The van der Waals surface area contributed by atoms with Gasteiger partial charge in [0, 0.05) is 25.5 Å². The second-order valence-corrected chi connectivity index (χ2v) is 4.75. The SMILES string of the molecule is Cc1c(C#N)c(N)n(CC2CCOCC2)c1C. The summed E-state index contributed by atoms with van der Waals surface area (Å²) < 4.78 is 7.44. The van der Waals surface area contributed by atoms with Crippen LogP contribution in [-0.4, -0.2) is 17.8 Å². The van der Waals surface area contributed by atoms with Gasteiger partial charge in [-0.2, -0.15) is 5.26 Å². The van der Waals surface area contributed by atoms with Gasteiger partial charge in [-0.25, -0.2) is 0 Å². The molecule has 1 aromatic heterocycles. The van der Waals surface area contributed by atoms with Crippen molar-refractivity contribution in [1.82, 2.24) is 4.57 Å². The molecule has 4 heteroatoms. The second kappa shape index (κ2) is 4.80. The van der Waals surface area contributed by atoms with E-state index in [2.05, 4.69) is 10.6 Å². The summed E-state index contributed by atoms with van der Waals surface area (Å²) in [7, 11) is 0. The number of nitrogens with two attached hydrogens (primary N) is 1. The molecular formula is C13H19N3O. The first kappa shape index (κ1) is 12.0. The Hall–Kier alpha value is -1.47. The number of ether oxygens (including phenoxy) is 1. The van der Waals surface area contributed by atoms with Crippen LogP contribution in [0.15, 0.2) is 0 Å². The van der Waals surface area contributed by atoms with Crippen molar-refractivity contribution >= 4 is 5.82 Å². The zero-order chi connectivity index (χ0) is 12.4. The summed E-state index contributed by atoms with van der Waals surface area (Å²) >= 11 is 0. The molecule has 0 aromatic carbocycles. The molecule has 0 bridgehead atoms. The van der Waals surface area contributed by atoms with E-state index in [4.69, 9.17) is 15.7 Å². The molecule has 2 N–H and O–H groups in total. The fourth-order valence-electron chi connectivity index (χ4n) is 2.45. The minimum absolute atomic E-state index is 0.614. The maximum atomic E-state index is 9.08. The number of hydrogen-bond acceptors (Lipinski definition) is 3. The Bertz CT molecular complexity index is 450. The first-order chi connectivity index (χ1) is 8.15. The van der Waals surface area contributed by atoms with Gasteiger partial charge in [-0.1, -0.05) is 0 Å². The fraction of sp³-hybridized carbons (Fsp3) is 0.615. The molecule has 1 aliphatic heterocycles. The van der Waals surface area contributed by atoms with Crippen molar-refractivity contribution in [2.75, 3.05) is 18.9 Å². The van der Waals surface area contributed by atoms with E-state index in [0.717, 1.165) is 43.9 Å². The number of hydrogen-bond donors (Lipinski definition) is 1. The van der Waals surface area contributed by atoms with E-state index >= 15 is 0 Å². The third-order valence-electron chi connectivity index (χ3n) is 3.76. The van der Waals surface area contributed by atoms with Gasteiger partial charge in [-0.05, 0) is 38.2 Å². The molecule has 1 aromatic rings. The van der Waals surface area contributed by atoms with Gasteiger partial charge in [0.25, 0.3) is 0 Å². The summed E-state index contributed by atoms with van der Waals surface area (Å²) in [6, 6.07) is 2.19. The summed E-state index contributed by atoms with van der Waals surface area (Å²) in [6.45, 7) is 6.59. The Labute approximate surface area is 102 Å². The quantitative estimate of drug-likeness (QED) is 0.849. The van der Waals surface area contributed by atoms with Crippen LogP contribution >= 0.6 is 0 Å². The normalized spacial score (nSPS) is 17.0. The maximum absolute atomic E-state index is 9.08. The molecule has 17 heavy (non-hydrogen) atoms. The van der Waals surface area contributed by atoms with Gasteiger partial charge >= 0.3 is 0 Å².